The van der Waals surface area contributed by atoms with Crippen molar-refractivity contribution in [2.45, 2.75) is 13.0 Å². The minimum atomic E-state index is -1.27. The van der Waals surface area contributed by atoms with Gasteiger partial charge in [-0.3, -0.25) is 14.5 Å². The fourth-order valence-electron chi connectivity index (χ4n) is 3.29. The summed E-state index contributed by atoms with van der Waals surface area (Å²) in [7, 11) is 0. The summed E-state index contributed by atoms with van der Waals surface area (Å²) >= 11 is 0. The molecule has 1 saturated heterocycles. The molecule has 1 atom stereocenters. The van der Waals surface area contributed by atoms with Crippen LogP contribution in [0, 0.1) is 18.6 Å². The highest BCUT2D eigenvalue weighted by Gasteiger charge is 2.48. The second kappa shape index (κ2) is 6.97. The number of anilines is 1. The van der Waals surface area contributed by atoms with E-state index in [0.29, 0.717) is 5.76 Å². The minimum absolute atomic E-state index is 0.00369. The van der Waals surface area contributed by atoms with Crippen molar-refractivity contribution in [3.63, 3.8) is 0 Å². The van der Waals surface area contributed by atoms with Gasteiger partial charge in [-0.05, 0) is 37.3 Å². The largest absolute Gasteiger partial charge is 0.507 e. The van der Waals surface area contributed by atoms with E-state index < -0.39 is 35.1 Å². The molecule has 1 fully saturated rings. The van der Waals surface area contributed by atoms with E-state index in [-0.39, 0.29) is 22.5 Å². The zero-order chi connectivity index (χ0) is 20.7. The van der Waals surface area contributed by atoms with Crippen molar-refractivity contribution in [3.8, 4) is 0 Å². The van der Waals surface area contributed by atoms with Gasteiger partial charge in [-0.1, -0.05) is 23.4 Å². The van der Waals surface area contributed by atoms with Crippen LogP contribution in [-0.4, -0.2) is 22.0 Å². The van der Waals surface area contributed by atoms with Crippen LogP contribution in [0.25, 0.3) is 5.76 Å². The predicted molar refractivity (Wildman–Crippen MR) is 98.8 cm³/mol. The highest BCUT2D eigenvalue weighted by Crippen LogP contribution is 2.42. The van der Waals surface area contributed by atoms with Gasteiger partial charge in [0.1, 0.15) is 23.2 Å². The molecule has 6 nitrogen and oxygen atoms in total. The van der Waals surface area contributed by atoms with Gasteiger partial charge in [0, 0.05) is 17.2 Å². The molecule has 0 spiro atoms. The quantitative estimate of drug-likeness (QED) is 0.413. The number of aromatic nitrogens is 1. The van der Waals surface area contributed by atoms with Crippen LogP contribution in [0.15, 0.2) is 64.7 Å². The van der Waals surface area contributed by atoms with Crippen LogP contribution in [0.4, 0.5) is 14.6 Å². The van der Waals surface area contributed by atoms with Crippen LogP contribution in [0.5, 0.6) is 0 Å². The smallest absolute Gasteiger partial charge is 0.301 e. The summed E-state index contributed by atoms with van der Waals surface area (Å²) in [4.78, 5) is 26.6. The van der Waals surface area contributed by atoms with E-state index in [0.717, 1.165) is 17.0 Å². The van der Waals surface area contributed by atoms with Crippen LogP contribution < -0.4 is 4.90 Å². The molecule has 1 N–H and O–H groups in total. The predicted octanol–water partition coefficient (Wildman–Crippen LogP) is 3.89. The van der Waals surface area contributed by atoms with E-state index in [9.17, 15) is 23.5 Å². The van der Waals surface area contributed by atoms with Gasteiger partial charge in [0.05, 0.1) is 11.6 Å². The maximum atomic E-state index is 14.6. The Bertz CT molecular complexity index is 1150. The lowest BCUT2D eigenvalue weighted by Gasteiger charge is -2.23. The van der Waals surface area contributed by atoms with Crippen LogP contribution in [-0.2, 0) is 9.59 Å². The highest BCUT2D eigenvalue weighted by atomic mass is 19.1. The van der Waals surface area contributed by atoms with Gasteiger partial charge in [-0.15, -0.1) is 0 Å². The minimum Gasteiger partial charge on any atom is -0.507 e. The summed E-state index contributed by atoms with van der Waals surface area (Å²) in [6.07, 6.45) is 0. The van der Waals surface area contributed by atoms with Crippen LogP contribution in [0.1, 0.15) is 22.9 Å². The molecular weight excluding hydrogens is 382 g/mol. The van der Waals surface area contributed by atoms with E-state index in [1.807, 2.05) is 0 Å². The van der Waals surface area contributed by atoms with Gasteiger partial charge < -0.3 is 9.63 Å². The fraction of sp³-hybridized carbons (Fsp3) is 0.0952. The van der Waals surface area contributed by atoms with Crippen molar-refractivity contribution >= 4 is 23.3 Å². The third-order valence-corrected chi connectivity index (χ3v) is 4.62. The molecule has 2 aromatic carbocycles. The van der Waals surface area contributed by atoms with Gasteiger partial charge >= 0.3 is 5.91 Å². The number of amides is 1. The number of hydrogen-bond donors (Lipinski definition) is 1. The first-order valence-corrected chi connectivity index (χ1v) is 8.63. The maximum absolute atomic E-state index is 14.6. The fourth-order valence-corrected chi connectivity index (χ4v) is 3.29. The second-order valence-corrected chi connectivity index (χ2v) is 6.49. The lowest BCUT2D eigenvalue weighted by molar-refractivity contribution is -0.132. The van der Waals surface area contributed by atoms with E-state index in [4.69, 9.17) is 4.52 Å². The molecule has 0 saturated carbocycles. The van der Waals surface area contributed by atoms with Crippen molar-refractivity contribution in [1.29, 1.82) is 0 Å². The Morgan fingerprint density at radius 3 is 2.41 bits per heavy atom. The number of aliphatic hydroxyl groups is 1. The third kappa shape index (κ3) is 3.08. The van der Waals surface area contributed by atoms with Gasteiger partial charge in [-0.2, -0.15) is 0 Å². The molecule has 3 aromatic rings. The van der Waals surface area contributed by atoms with E-state index in [1.165, 1.54) is 36.4 Å². The molecule has 1 aromatic heterocycles. The topological polar surface area (TPSA) is 83.6 Å². The van der Waals surface area contributed by atoms with Gasteiger partial charge in [0.2, 0.25) is 0 Å². The first-order chi connectivity index (χ1) is 13.9. The van der Waals surface area contributed by atoms with Crippen molar-refractivity contribution in [2.75, 3.05) is 4.90 Å². The Morgan fingerprint density at radius 2 is 1.79 bits per heavy atom. The average Bonchev–Trinajstić information content (AvgIpc) is 3.23. The number of carbonyl (C=O) groups excluding carboxylic acids is 2. The molecule has 0 bridgehead atoms. The standard InChI is InChI=1S/C21H14F2N2O4/c1-11-10-16(24-29-11)25-18(14-4-2-3-5-15(14)23)17(20(27)21(25)28)19(26)12-6-8-13(22)9-7-12/h2-10,18,26H,1H3. The number of aryl methyl sites for hydroxylation is 1. The average molecular weight is 396 g/mol. The Hall–Kier alpha value is -3.81. The van der Waals surface area contributed by atoms with Crippen molar-refractivity contribution < 1.29 is 28.0 Å². The number of halogens is 2. The summed E-state index contributed by atoms with van der Waals surface area (Å²) in [6.45, 7) is 1.60. The molecule has 1 amide bonds. The molecular formula is C21H14F2N2O4. The van der Waals surface area contributed by atoms with E-state index >= 15 is 0 Å². The number of carbonyl (C=O) groups is 2. The zero-order valence-corrected chi connectivity index (χ0v) is 15.1. The molecule has 2 heterocycles. The van der Waals surface area contributed by atoms with E-state index in [1.54, 1.807) is 13.0 Å². The lowest BCUT2D eigenvalue weighted by atomic mass is 9.95. The third-order valence-electron chi connectivity index (χ3n) is 4.62. The first kappa shape index (κ1) is 18.5. The Balaban J connectivity index is 1.97. The second-order valence-electron chi connectivity index (χ2n) is 6.49. The monoisotopic (exact) mass is 396 g/mol. The number of Topliss-reactive ketones (excluding diaryl/α,β-unsaturated/α-hetero) is 1. The Kier molecular flexibility index (Phi) is 4.46. The van der Waals surface area contributed by atoms with Crippen LogP contribution in [0.2, 0.25) is 0 Å². The lowest BCUT2D eigenvalue weighted by Crippen LogP contribution is -2.30. The number of hydrogen-bond acceptors (Lipinski definition) is 5. The normalized spacial score (nSPS) is 18.4. The van der Waals surface area contributed by atoms with Crippen molar-refractivity contribution in [1.82, 2.24) is 5.16 Å². The highest BCUT2D eigenvalue weighted by molar-refractivity contribution is 6.51. The molecule has 4 rings (SSSR count). The summed E-state index contributed by atoms with van der Waals surface area (Å²) in [5.41, 5.74) is -0.217. The van der Waals surface area contributed by atoms with Crippen LogP contribution in [0.3, 0.4) is 0 Å². The molecule has 0 aliphatic carbocycles. The number of nitrogens with zero attached hydrogens (tertiary/aromatic N) is 2. The van der Waals surface area contributed by atoms with Crippen LogP contribution >= 0.6 is 0 Å². The molecule has 1 aliphatic rings. The Morgan fingerprint density at radius 1 is 1.10 bits per heavy atom. The number of benzene rings is 2. The summed E-state index contributed by atoms with van der Waals surface area (Å²) in [5, 5.41) is 14.6. The van der Waals surface area contributed by atoms with Gasteiger partial charge in [0.25, 0.3) is 5.78 Å². The number of rotatable bonds is 3. The Labute approximate surface area is 163 Å². The molecule has 146 valence electrons. The van der Waals surface area contributed by atoms with E-state index in [2.05, 4.69) is 5.16 Å². The summed E-state index contributed by atoms with van der Waals surface area (Å²) in [6, 6.07) is 10.5. The molecule has 1 aliphatic heterocycles. The maximum Gasteiger partial charge on any atom is 0.301 e. The SMILES string of the molecule is Cc1cc(N2C(=O)C(=O)C(=C(O)c3ccc(F)cc3)C2c2ccccc2F)no1. The number of ketones is 1. The van der Waals surface area contributed by atoms with Crippen molar-refractivity contribution in [2.24, 2.45) is 0 Å². The van der Waals surface area contributed by atoms with Crippen molar-refractivity contribution in [3.05, 3.63) is 88.7 Å². The summed E-state index contributed by atoms with van der Waals surface area (Å²) in [5.74, 6) is -3.36. The number of aliphatic hydroxyl groups excluding tert-OH is 1. The zero-order valence-electron chi connectivity index (χ0n) is 15.1. The molecule has 1 unspecified atom stereocenters. The molecule has 8 heteroatoms. The molecule has 0 radical (unpaired) electrons. The first-order valence-electron chi connectivity index (χ1n) is 8.63. The molecule has 29 heavy (non-hydrogen) atoms. The van der Waals surface area contributed by atoms with Gasteiger partial charge in [-0.25, -0.2) is 8.78 Å². The van der Waals surface area contributed by atoms with Gasteiger partial charge in [0.15, 0.2) is 5.82 Å². The summed E-state index contributed by atoms with van der Waals surface area (Å²) < 4.78 is 32.9.